The van der Waals surface area contributed by atoms with Gasteiger partial charge in [0.15, 0.2) is 0 Å². The zero-order chi connectivity index (χ0) is 21.7. The van der Waals surface area contributed by atoms with Crippen molar-refractivity contribution in [1.29, 1.82) is 0 Å². The topological polar surface area (TPSA) is 84.9 Å². The molecule has 7 nitrogen and oxygen atoms in total. The number of hydrogen-bond donors (Lipinski definition) is 1. The van der Waals surface area contributed by atoms with E-state index in [0.717, 1.165) is 18.4 Å². The molecule has 0 bridgehead atoms. The summed E-state index contributed by atoms with van der Waals surface area (Å²) in [6.07, 6.45) is 2.52. The molecule has 1 atom stereocenters. The Hall–Kier alpha value is -2.57. The van der Waals surface area contributed by atoms with Crippen LogP contribution in [0.1, 0.15) is 62.9 Å². The number of nitrogens with zero attached hydrogens (tertiary/aromatic N) is 1. The Morgan fingerprint density at radius 2 is 1.79 bits per heavy atom. The first kappa shape index (κ1) is 22.7. The Kier molecular flexibility index (Phi) is 7.27. The van der Waals surface area contributed by atoms with E-state index in [1.165, 1.54) is 7.11 Å². The largest absolute Gasteiger partial charge is 0.465 e. The SMILES string of the molecule is COC(=O)c1ccc(CCNC(=O)[C@@]2(C)CCCCN2C(=O)OC(C)(C)C)cc1. The number of hydrogen-bond acceptors (Lipinski definition) is 5. The molecule has 0 aromatic heterocycles. The number of nitrogens with one attached hydrogen (secondary N) is 1. The van der Waals surface area contributed by atoms with Crippen molar-refractivity contribution in [2.75, 3.05) is 20.2 Å². The second-order valence-electron chi connectivity index (χ2n) is 8.56. The minimum Gasteiger partial charge on any atom is -0.465 e. The lowest BCUT2D eigenvalue weighted by Gasteiger charge is -2.43. The maximum absolute atomic E-state index is 13.0. The summed E-state index contributed by atoms with van der Waals surface area (Å²) < 4.78 is 10.2. The van der Waals surface area contributed by atoms with Crippen molar-refractivity contribution in [1.82, 2.24) is 10.2 Å². The summed E-state index contributed by atoms with van der Waals surface area (Å²) in [5, 5.41) is 2.96. The first-order valence-electron chi connectivity index (χ1n) is 10.0. The Morgan fingerprint density at radius 1 is 1.14 bits per heavy atom. The van der Waals surface area contributed by atoms with E-state index in [4.69, 9.17) is 4.74 Å². The predicted molar refractivity (Wildman–Crippen MR) is 110 cm³/mol. The predicted octanol–water partition coefficient (Wildman–Crippen LogP) is 3.31. The number of likely N-dealkylation sites (tertiary alicyclic amines) is 1. The molecule has 0 unspecified atom stereocenters. The van der Waals surface area contributed by atoms with Crippen LogP contribution in [0.15, 0.2) is 24.3 Å². The van der Waals surface area contributed by atoms with Crippen molar-refractivity contribution in [2.24, 2.45) is 0 Å². The van der Waals surface area contributed by atoms with Crippen molar-refractivity contribution in [3.63, 3.8) is 0 Å². The van der Waals surface area contributed by atoms with E-state index in [1.807, 2.05) is 32.9 Å². The van der Waals surface area contributed by atoms with Crippen LogP contribution < -0.4 is 5.32 Å². The van der Waals surface area contributed by atoms with E-state index >= 15 is 0 Å². The summed E-state index contributed by atoms with van der Waals surface area (Å²) in [7, 11) is 1.35. The van der Waals surface area contributed by atoms with Gasteiger partial charge in [-0.1, -0.05) is 12.1 Å². The molecule has 0 saturated carbocycles. The van der Waals surface area contributed by atoms with Crippen molar-refractivity contribution in [3.8, 4) is 0 Å². The number of carbonyl (C=O) groups is 3. The van der Waals surface area contributed by atoms with E-state index in [1.54, 1.807) is 24.0 Å². The Bertz CT molecular complexity index is 739. The summed E-state index contributed by atoms with van der Waals surface area (Å²) in [5.41, 5.74) is -0.0452. The molecule has 1 aromatic carbocycles. The average molecular weight is 405 g/mol. The van der Waals surface area contributed by atoms with Gasteiger partial charge in [0.05, 0.1) is 12.7 Å². The van der Waals surface area contributed by atoms with Gasteiger partial charge in [-0.25, -0.2) is 9.59 Å². The molecule has 1 saturated heterocycles. The van der Waals surface area contributed by atoms with Gasteiger partial charge in [-0.2, -0.15) is 0 Å². The van der Waals surface area contributed by atoms with Crippen LogP contribution in [0.4, 0.5) is 4.79 Å². The summed E-state index contributed by atoms with van der Waals surface area (Å²) in [6.45, 7) is 8.20. The van der Waals surface area contributed by atoms with Crippen LogP contribution in [0, 0.1) is 0 Å². The van der Waals surface area contributed by atoms with Crippen molar-refractivity contribution >= 4 is 18.0 Å². The maximum atomic E-state index is 13.0. The lowest BCUT2D eigenvalue weighted by molar-refractivity contribution is -0.134. The number of benzene rings is 1. The van der Waals surface area contributed by atoms with Crippen LogP contribution >= 0.6 is 0 Å². The molecule has 0 spiro atoms. The lowest BCUT2D eigenvalue weighted by atomic mass is 9.87. The molecule has 1 aliphatic heterocycles. The van der Waals surface area contributed by atoms with E-state index in [2.05, 4.69) is 10.1 Å². The van der Waals surface area contributed by atoms with Crippen LogP contribution in [0.2, 0.25) is 0 Å². The molecule has 29 heavy (non-hydrogen) atoms. The lowest BCUT2D eigenvalue weighted by Crippen LogP contribution is -2.61. The van der Waals surface area contributed by atoms with Gasteiger partial charge in [-0.15, -0.1) is 0 Å². The molecule has 160 valence electrons. The Labute approximate surface area is 172 Å². The molecule has 1 heterocycles. The number of ether oxygens (including phenoxy) is 2. The van der Waals surface area contributed by atoms with Crippen LogP contribution in [0.25, 0.3) is 0 Å². The Balaban J connectivity index is 1.96. The molecule has 2 amide bonds. The number of piperidine rings is 1. The molecule has 0 radical (unpaired) electrons. The summed E-state index contributed by atoms with van der Waals surface area (Å²) >= 11 is 0. The molecule has 1 aliphatic rings. The molecule has 1 N–H and O–H groups in total. The third-order valence-corrected chi connectivity index (χ3v) is 5.07. The minimum atomic E-state index is -0.921. The second-order valence-corrected chi connectivity index (χ2v) is 8.56. The molecule has 2 rings (SSSR count). The molecule has 1 aromatic rings. The van der Waals surface area contributed by atoms with Crippen LogP contribution in [-0.2, 0) is 20.7 Å². The zero-order valence-electron chi connectivity index (χ0n) is 18.0. The van der Waals surface area contributed by atoms with E-state index < -0.39 is 17.2 Å². The molecule has 1 fully saturated rings. The fourth-order valence-corrected chi connectivity index (χ4v) is 3.40. The van der Waals surface area contributed by atoms with Gasteiger partial charge in [-0.3, -0.25) is 9.69 Å². The summed E-state index contributed by atoms with van der Waals surface area (Å²) in [6, 6.07) is 7.09. The van der Waals surface area contributed by atoms with Gasteiger partial charge in [0.1, 0.15) is 11.1 Å². The highest BCUT2D eigenvalue weighted by Gasteiger charge is 2.45. The van der Waals surface area contributed by atoms with Gasteiger partial charge in [0.2, 0.25) is 5.91 Å². The molecular weight excluding hydrogens is 372 g/mol. The smallest absolute Gasteiger partial charge is 0.411 e. The van der Waals surface area contributed by atoms with Crippen molar-refractivity contribution < 1.29 is 23.9 Å². The van der Waals surface area contributed by atoms with Gasteiger partial charge in [0, 0.05) is 13.1 Å². The van der Waals surface area contributed by atoms with Crippen LogP contribution in [0.5, 0.6) is 0 Å². The average Bonchev–Trinajstić information content (AvgIpc) is 2.66. The van der Waals surface area contributed by atoms with Crippen LogP contribution in [-0.4, -0.2) is 54.2 Å². The maximum Gasteiger partial charge on any atom is 0.411 e. The minimum absolute atomic E-state index is 0.172. The van der Waals surface area contributed by atoms with Gasteiger partial charge in [-0.05, 0) is 71.1 Å². The van der Waals surface area contributed by atoms with Gasteiger partial charge in [0.25, 0.3) is 0 Å². The van der Waals surface area contributed by atoms with Gasteiger partial charge < -0.3 is 14.8 Å². The standard InChI is InChI=1S/C22H32N2O5/c1-21(2,3)29-20(27)24-15-7-6-13-22(24,4)19(26)23-14-12-16-8-10-17(11-9-16)18(25)28-5/h8-11H,6-7,12-15H2,1-5H3,(H,23,26)/t22-/m1/s1. The normalized spacial score (nSPS) is 19.4. The first-order chi connectivity index (χ1) is 13.6. The quantitative estimate of drug-likeness (QED) is 0.761. The van der Waals surface area contributed by atoms with Crippen molar-refractivity contribution in [2.45, 2.75) is 64.5 Å². The second kappa shape index (κ2) is 9.29. The highest BCUT2D eigenvalue weighted by atomic mass is 16.6. The van der Waals surface area contributed by atoms with E-state index in [-0.39, 0.29) is 11.9 Å². The Morgan fingerprint density at radius 3 is 2.38 bits per heavy atom. The first-order valence-corrected chi connectivity index (χ1v) is 10.0. The van der Waals surface area contributed by atoms with E-state index in [0.29, 0.717) is 31.5 Å². The number of rotatable bonds is 5. The van der Waals surface area contributed by atoms with Crippen LogP contribution in [0.3, 0.4) is 0 Å². The third-order valence-electron chi connectivity index (χ3n) is 5.07. The third kappa shape index (κ3) is 5.95. The van der Waals surface area contributed by atoms with E-state index in [9.17, 15) is 14.4 Å². The zero-order valence-corrected chi connectivity index (χ0v) is 18.0. The highest BCUT2D eigenvalue weighted by molar-refractivity contribution is 5.90. The highest BCUT2D eigenvalue weighted by Crippen LogP contribution is 2.30. The fourth-order valence-electron chi connectivity index (χ4n) is 3.40. The molecule has 0 aliphatic carbocycles. The van der Waals surface area contributed by atoms with Gasteiger partial charge >= 0.3 is 12.1 Å². The summed E-state index contributed by atoms with van der Waals surface area (Å²) in [4.78, 5) is 38.6. The number of methoxy groups -OCH3 is 1. The fraction of sp³-hybridized carbons (Fsp3) is 0.591. The molecular formula is C22H32N2O5. The number of amides is 2. The summed E-state index contributed by atoms with van der Waals surface area (Å²) in [5.74, 6) is -0.549. The molecule has 7 heteroatoms. The number of carbonyl (C=O) groups excluding carboxylic acids is 3. The monoisotopic (exact) mass is 404 g/mol. The van der Waals surface area contributed by atoms with Crippen molar-refractivity contribution in [3.05, 3.63) is 35.4 Å². The number of esters is 1.